The standard InChI is InChI=1S/C13H16N2O5/c1-6-5-7-9(10(16)8(6)12(17)19-3)11(18-2)15-13(14-7)20-4/h6,8H,5H2,1-4H3/t6-,8+/m0/s1. The minimum atomic E-state index is -0.849. The van der Waals surface area contributed by atoms with E-state index in [2.05, 4.69) is 9.97 Å². The van der Waals surface area contributed by atoms with E-state index in [4.69, 9.17) is 14.2 Å². The molecule has 2 rings (SSSR count). The van der Waals surface area contributed by atoms with Crippen LogP contribution in [0.2, 0.25) is 0 Å². The molecule has 0 saturated carbocycles. The van der Waals surface area contributed by atoms with Gasteiger partial charge < -0.3 is 14.2 Å². The average Bonchev–Trinajstić information content (AvgIpc) is 2.45. The van der Waals surface area contributed by atoms with E-state index in [9.17, 15) is 9.59 Å². The molecule has 0 spiro atoms. The summed E-state index contributed by atoms with van der Waals surface area (Å²) in [7, 11) is 4.10. The zero-order valence-electron chi connectivity index (χ0n) is 11.8. The molecular formula is C13H16N2O5. The van der Waals surface area contributed by atoms with Gasteiger partial charge in [-0.3, -0.25) is 9.59 Å². The second-order valence-corrected chi connectivity index (χ2v) is 4.59. The Labute approximate surface area is 116 Å². The lowest BCUT2D eigenvalue weighted by Crippen LogP contribution is -2.37. The number of aromatic nitrogens is 2. The maximum absolute atomic E-state index is 12.5. The van der Waals surface area contributed by atoms with Gasteiger partial charge in [0.25, 0.3) is 0 Å². The van der Waals surface area contributed by atoms with Gasteiger partial charge in [-0.2, -0.15) is 9.97 Å². The van der Waals surface area contributed by atoms with E-state index < -0.39 is 11.9 Å². The second-order valence-electron chi connectivity index (χ2n) is 4.59. The van der Waals surface area contributed by atoms with E-state index in [1.54, 1.807) is 0 Å². The summed E-state index contributed by atoms with van der Waals surface area (Å²) in [6.45, 7) is 1.81. The molecule has 0 N–H and O–H groups in total. The van der Waals surface area contributed by atoms with Crippen molar-refractivity contribution in [2.75, 3.05) is 21.3 Å². The van der Waals surface area contributed by atoms with Gasteiger partial charge in [-0.25, -0.2) is 0 Å². The highest BCUT2D eigenvalue weighted by Gasteiger charge is 2.42. The maximum atomic E-state index is 12.5. The molecule has 7 heteroatoms. The Morgan fingerprint density at radius 3 is 2.45 bits per heavy atom. The van der Waals surface area contributed by atoms with Gasteiger partial charge in [0.15, 0.2) is 5.78 Å². The molecule has 0 bridgehead atoms. The van der Waals surface area contributed by atoms with Crippen molar-refractivity contribution in [3.05, 3.63) is 11.3 Å². The Bertz CT molecular complexity index is 558. The number of esters is 1. The summed E-state index contributed by atoms with van der Waals surface area (Å²) in [4.78, 5) is 32.4. The molecule has 0 aromatic carbocycles. The second kappa shape index (κ2) is 5.44. The van der Waals surface area contributed by atoms with Crippen LogP contribution in [0.15, 0.2) is 0 Å². The molecule has 1 aromatic rings. The molecule has 0 saturated heterocycles. The van der Waals surface area contributed by atoms with Gasteiger partial charge in [-0.05, 0) is 12.3 Å². The molecule has 2 atom stereocenters. The number of fused-ring (bicyclic) bond motifs is 1. The first-order chi connectivity index (χ1) is 9.53. The van der Waals surface area contributed by atoms with Gasteiger partial charge in [0, 0.05) is 0 Å². The van der Waals surface area contributed by atoms with Crippen LogP contribution < -0.4 is 9.47 Å². The van der Waals surface area contributed by atoms with Gasteiger partial charge in [-0.15, -0.1) is 0 Å². The Hall–Kier alpha value is -2.18. The molecule has 1 heterocycles. The lowest BCUT2D eigenvalue weighted by atomic mass is 9.78. The smallest absolute Gasteiger partial charge is 0.319 e. The number of methoxy groups -OCH3 is 3. The third kappa shape index (κ3) is 2.19. The number of hydrogen-bond acceptors (Lipinski definition) is 7. The van der Waals surface area contributed by atoms with Crippen molar-refractivity contribution in [1.29, 1.82) is 0 Å². The van der Waals surface area contributed by atoms with Gasteiger partial charge in [0.1, 0.15) is 11.5 Å². The lowest BCUT2D eigenvalue weighted by Gasteiger charge is -2.27. The van der Waals surface area contributed by atoms with Crippen LogP contribution in [0.1, 0.15) is 23.0 Å². The van der Waals surface area contributed by atoms with Crippen LogP contribution >= 0.6 is 0 Å². The molecule has 1 aliphatic carbocycles. The Morgan fingerprint density at radius 1 is 1.20 bits per heavy atom. The number of ether oxygens (including phenoxy) is 3. The highest BCUT2D eigenvalue weighted by Crippen LogP contribution is 2.35. The monoisotopic (exact) mass is 280 g/mol. The van der Waals surface area contributed by atoms with Gasteiger partial charge >= 0.3 is 12.0 Å². The van der Waals surface area contributed by atoms with Crippen molar-refractivity contribution in [3.63, 3.8) is 0 Å². The SMILES string of the molecule is COC(=O)[C@H]1C(=O)c2c(nc(OC)nc2OC)C[C@@H]1C. The Kier molecular flexibility index (Phi) is 3.87. The zero-order chi connectivity index (χ0) is 14.9. The molecule has 20 heavy (non-hydrogen) atoms. The molecule has 0 fully saturated rings. The zero-order valence-corrected chi connectivity index (χ0v) is 11.8. The first-order valence-corrected chi connectivity index (χ1v) is 6.14. The molecule has 0 unspecified atom stereocenters. The van der Waals surface area contributed by atoms with Crippen LogP contribution in [-0.2, 0) is 16.0 Å². The van der Waals surface area contributed by atoms with E-state index >= 15 is 0 Å². The fraction of sp³-hybridized carbons (Fsp3) is 0.538. The highest BCUT2D eigenvalue weighted by molar-refractivity contribution is 6.11. The number of carbonyl (C=O) groups excluding carboxylic acids is 2. The molecule has 1 aromatic heterocycles. The van der Waals surface area contributed by atoms with E-state index in [0.717, 1.165) is 0 Å². The van der Waals surface area contributed by atoms with E-state index in [-0.39, 0.29) is 29.2 Å². The van der Waals surface area contributed by atoms with Crippen LogP contribution in [0.5, 0.6) is 11.9 Å². The van der Waals surface area contributed by atoms with Crippen molar-refractivity contribution in [2.24, 2.45) is 11.8 Å². The number of Topliss-reactive ketones (excluding diaryl/α,β-unsaturated/α-hetero) is 1. The minimum Gasteiger partial charge on any atom is -0.480 e. The summed E-state index contributed by atoms with van der Waals surface area (Å²) in [5, 5.41) is 0. The molecule has 108 valence electrons. The third-order valence-electron chi connectivity index (χ3n) is 3.37. The van der Waals surface area contributed by atoms with Crippen molar-refractivity contribution in [3.8, 4) is 11.9 Å². The number of rotatable bonds is 3. The highest BCUT2D eigenvalue weighted by atomic mass is 16.5. The Morgan fingerprint density at radius 2 is 1.90 bits per heavy atom. The summed E-state index contributed by atoms with van der Waals surface area (Å²) >= 11 is 0. The topological polar surface area (TPSA) is 87.6 Å². The third-order valence-corrected chi connectivity index (χ3v) is 3.37. The fourth-order valence-corrected chi connectivity index (χ4v) is 2.40. The summed E-state index contributed by atoms with van der Waals surface area (Å²) in [6.07, 6.45) is 0.454. The maximum Gasteiger partial charge on any atom is 0.319 e. The number of hydrogen-bond donors (Lipinski definition) is 0. The van der Waals surface area contributed by atoms with Crippen molar-refractivity contribution < 1.29 is 23.8 Å². The number of ketones is 1. The molecule has 1 aliphatic rings. The first-order valence-electron chi connectivity index (χ1n) is 6.14. The quantitative estimate of drug-likeness (QED) is 0.593. The molecule has 7 nitrogen and oxygen atoms in total. The predicted molar refractivity (Wildman–Crippen MR) is 67.8 cm³/mol. The van der Waals surface area contributed by atoms with Crippen molar-refractivity contribution in [2.45, 2.75) is 13.3 Å². The fourth-order valence-electron chi connectivity index (χ4n) is 2.40. The minimum absolute atomic E-state index is 0.123. The van der Waals surface area contributed by atoms with Gasteiger partial charge in [0.2, 0.25) is 5.88 Å². The Balaban J connectivity index is 2.55. The number of carbonyl (C=O) groups is 2. The molecule has 0 aliphatic heterocycles. The van der Waals surface area contributed by atoms with E-state index in [1.807, 2.05) is 6.92 Å². The van der Waals surface area contributed by atoms with Crippen LogP contribution in [0.25, 0.3) is 0 Å². The van der Waals surface area contributed by atoms with Crippen LogP contribution in [0.4, 0.5) is 0 Å². The number of nitrogens with zero attached hydrogens (tertiary/aromatic N) is 2. The van der Waals surface area contributed by atoms with Crippen molar-refractivity contribution >= 4 is 11.8 Å². The van der Waals surface area contributed by atoms with Gasteiger partial charge in [-0.1, -0.05) is 6.92 Å². The van der Waals surface area contributed by atoms with Crippen LogP contribution in [0.3, 0.4) is 0 Å². The first kappa shape index (κ1) is 14.2. The summed E-state index contributed by atoms with van der Waals surface area (Å²) < 4.78 is 14.8. The lowest BCUT2D eigenvalue weighted by molar-refractivity contribution is -0.145. The normalized spacial score (nSPS) is 21.1. The van der Waals surface area contributed by atoms with Gasteiger partial charge in [0.05, 0.1) is 27.0 Å². The molecule has 0 amide bonds. The molecule has 0 radical (unpaired) electrons. The summed E-state index contributed by atoms with van der Waals surface area (Å²) in [6, 6.07) is 0.136. The summed E-state index contributed by atoms with van der Waals surface area (Å²) in [5.41, 5.74) is 0.771. The van der Waals surface area contributed by atoms with Crippen LogP contribution in [-0.4, -0.2) is 43.0 Å². The van der Waals surface area contributed by atoms with E-state index in [1.165, 1.54) is 21.3 Å². The largest absolute Gasteiger partial charge is 0.480 e. The predicted octanol–water partition coefficient (Wildman–Crippen LogP) is 0.658. The van der Waals surface area contributed by atoms with E-state index in [0.29, 0.717) is 12.1 Å². The average molecular weight is 280 g/mol. The summed E-state index contributed by atoms with van der Waals surface area (Å²) in [5.74, 6) is -1.85. The van der Waals surface area contributed by atoms with Crippen molar-refractivity contribution in [1.82, 2.24) is 9.97 Å². The van der Waals surface area contributed by atoms with Crippen LogP contribution in [0, 0.1) is 11.8 Å². The molecular weight excluding hydrogens is 264 g/mol.